The van der Waals surface area contributed by atoms with Crippen LogP contribution in [0.15, 0.2) is 48.6 Å². The van der Waals surface area contributed by atoms with Crippen molar-refractivity contribution in [2.24, 2.45) is 0 Å². The number of hydrogen-bond acceptors (Lipinski definition) is 3. The molecule has 0 aromatic heterocycles. The maximum atomic E-state index is 12.8. The van der Waals surface area contributed by atoms with Crippen LogP contribution in [0.3, 0.4) is 0 Å². The molecule has 0 spiro atoms. The Morgan fingerprint density at radius 3 is 2.43 bits per heavy atom. The van der Waals surface area contributed by atoms with E-state index in [1.807, 2.05) is 36.4 Å². The predicted octanol–water partition coefficient (Wildman–Crippen LogP) is 2.82. The Labute approximate surface area is 139 Å². The zero-order valence-electron chi connectivity index (χ0n) is 14.0. The average Bonchev–Trinajstić information content (AvgIpc) is 2.91. The van der Waals surface area contributed by atoms with Crippen molar-refractivity contribution in [2.75, 3.05) is 13.2 Å². The second kappa shape index (κ2) is 6.59. The predicted molar refractivity (Wildman–Crippen MR) is 94.4 cm³/mol. The van der Waals surface area contributed by atoms with Gasteiger partial charge in [0.1, 0.15) is 0 Å². The van der Waals surface area contributed by atoms with Crippen molar-refractivity contribution in [1.82, 2.24) is 4.31 Å². The van der Waals surface area contributed by atoms with Gasteiger partial charge in [-0.1, -0.05) is 43.0 Å². The first-order valence-electron chi connectivity index (χ1n) is 7.77. The van der Waals surface area contributed by atoms with E-state index in [0.717, 1.165) is 16.7 Å². The van der Waals surface area contributed by atoms with Gasteiger partial charge in [0.05, 0.1) is 10.8 Å². The molecule has 1 aromatic carbocycles. The third-order valence-electron chi connectivity index (χ3n) is 4.15. The second-order valence-corrected chi connectivity index (χ2v) is 9.36. The molecule has 0 saturated heterocycles. The van der Waals surface area contributed by atoms with Gasteiger partial charge in [-0.15, -0.1) is 0 Å². The first-order valence-corrected chi connectivity index (χ1v) is 9.21. The van der Waals surface area contributed by atoms with E-state index in [2.05, 4.69) is 6.58 Å². The molecule has 0 aliphatic carbocycles. The van der Waals surface area contributed by atoms with Crippen LogP contribution < -0.4 is 0 Å². The van der Waals surface area contributed by atoms with Gasteiger partial charge in [-0.3, -0.25) is 0 Å². The van der Waals surface area contributed by atoms with Gasteiger partial charge in [0.2, 0.25) is 10.0 Å². The number of aliphatic hydroxyl groups excluding tert-OH is 1. The summed E-state index contributed by atoms with van der Waals surface area (Å²) in [5.74, 6) is 0. The van der Waals surface area contributed by atoms with Crippen molar-refractivity contribution in [1.29, 1.82) is 0 Å². The molecule has 1 N–H and O–H groups in total. The number of aliphatic hydroxyl groups is 1. The molecule has 1 atom stereocenters. The van der Waals surface area contributed by atoms with Gasteiger partial charge in [-0.25, -0.2) is 8.42 Å². The molecule has 1 heterocycles. The largest absolute Gasteiger partial charge is 0.396 e. The third kappa shape index (κ3) is 3.42. The van der Waals surface area contributed by atoms with E-state index in [9.17, 15) is 13.5 Å². The molecule has 0 bridgehead atoms. The highest BCUT2D eigenvalue weighted by molar-refractivity contribution is 7.90. The quantitative estimate of drug-likeness (QED) is 0.900. The van der Waals surface area contributed by atoms with Gasteiger partial charge in [0.15, 0.2) is 0 Å². The molecule has 1 aliphatic heterocycles. The summed E-state index contributed by atoms with van der Waals surface area (Å²) in [6.07, 6.45) is 2.28. The summed E-state index contributed by atoms with van der Waals surface area (Å²) < 4.78 is 26.3. The van der Waals surface area contributed by atoms with Crippen LogP contribution in [0.2, 0.25) is 0 Å². The Kier molecular flexibility index (Phi) is 5.14. The molecule has 5 heteroatoms. The van der Waals surface area contributed by atoms with Gasteiger partial charge in [0.25, 0.3) is 0 Å². The fourth-order valence-electron chi connectivity index (χ4n) is 2.78. The lowest BCUT2D eigenvalue weighted by atomic mass is 9.94. The number of hydrogen-bond donors (Lipinski definition) is 1. The monoisotopic (exact) mass is 335 g/mol. The van der Waals surface area contributed by atoms with Crippen molar-refractivity contribution in [3.63, 3.8) is 0 Å². The Hall–Kier alpha value is -1.43. The van der Waals surface area contributed by atoms with Crippen LogP contribution in [-0.2, 0) is 10.0 Å². The molecule has 23 heavy (non-hydrogen) atoms. The number of benzene rings is 1. The first-order chi connectivity index (χ1) is 10.7. The van der Waals surface area contributed by atoms with E-state index in [1.165, 1.54) is 4.31 Å². The van der Waals surface area contributed by atoms with Crippen molar-refractivity contribution in [3.8, 4) is 0 Å². The van der Waals surface area contributed by atoms with E-state index >= 15 is 0 Å². The molecule has 2 rings (SSSR count). The maximum absolute atomic E-state index is 12.8. The zero-order chi connectivity index (χ0) is 17.3. The Bertz CT molecular complexity index is 700. The number of nitrogens with zero attached hydrogens (tertiary/aromatic N) is 1. The lowest BCUT2D eigenvalue weighted by Gasteiger charge is -2.32. The fraction of sp³-hybridized carbons (Fsp3) is 0.444. The Morgan fingerprint density at radius 2 is 1.91 bits per heavy atom. The van der Waals surface area contributed by atoms with Crippen LogP contribution in [-0.4, -0.2) is 41.8 Å². The molecule has 4 nitrogen and oxygen atoms in total. The summed E-state index contributed by atoms with van der Waals surface area (Å²) in [6.45, 7) is 9.49. The van der Waals surface area contributed by atoms with E-state index < -0.39 is 14.8 Å². The van der Waals surface area contributed by atoms with Crippen LogP contribution in [0.1, 0.15) is 32.8 Å². The molecule has 0 radical (unpaired) electrons. The zero-order valence-corrected chi connectivity index (χ0v) is 14.8. The Morgan fingerprint density at radius 1 is 1.30 bits per heavy atom. The Balaban J connectivity index is 2.35. The minimum absolute atomic E-state index is 0.0692. The van der Waals surface area contributed by atoms with Crippen molar-refractivity contribution < 1.29 is 13.5 Å². The lowest BCUT2D eigenvalue weighted by molar-refractivity contribution is 0.253. The lowest BCUT2D eigenvalue weighted by Crippen LogP contribution is -2.46. The van der Waals surface area contributed by atoms with Crippen LogP contribution in [0.4, 0.5) is 0 Å². The fourth-order valence-corrected chi connectivity index (χ4v) is 4.30. The highest BCUT2D eigenvalue weighted by atomic mass is 32.2. The molecular weight excluding hydrogens is 310 g/mol. The van der Waals surface area contributed by atoms with Gasteiger partial charge in [-0.05, 0) is 43.9 Å². The summed E-state index contributed by atoms with van der Waals surface area (Å²) in [4.78, 5) is 0. The second-order valence-electron chi connectivity index (χ2n) is 6.72. The minimum Gasteiger partial charge on any atom is -0.396 e. The summed E-state index contributed by atoms with van der Waals surface area (Å²) in [6, 6.07) is 9.35. The van der Waals surface area contributed by atoms with Crippen molar-refractivity contribution in [3.05, 3.63) is 54.1 Å². The molecule has 1 aromatic rings. The van der Waals surface area contributed by atoms with Crippen LogP contribution in [0, 0.1) is 0 Å². The molecule has 0 amide bonds. The maximum Gasteiger partial charge on any atom is 0.219 e. The van der Waals surface area contributed by atoms with Crippen molar-refractivity contribution >= 4 is 15.6 Å². The SMILES string of the molecule is C=C(C1=CCN(S(=O)(=O)C(C)(C)C)[C@@H]1CCO)c1ccccc1. The van der Waals surface area contributed by atoms with Gasteiger partial charge in [0, 0.05) is 13.2 Å². The van der Waals surface area contributed by atoms with E-state index in [1.54, 1.807) is 20.8 Å². The van der Waals surface area contributed by atoms with Crippen molar-refractivity contribution in [2.45, 2.75) is 38.0 Å². The average molecular weight is 335 g/mol. The highest BCUT2D eigenvalue weighted by Gasteiger charge is 2.42. The van der Waals surface area contributed by atoms with Gasteiger partial charge < -0.3 is 5.11 Å². The molecule has 0 fully saturated rings. The summed E-state index contributed by atoms with van der Waals surface area (Å²) in [7, 11) is -3.47. The first kappa shape index (κ1) is 17.9. The highest BCUT2D eigenvalue weighted by Crippen LogP contribution is 2.36. The van der Waals surface area contributed by atoms with E-state index in [-0.39, 0.29) is 12.6 Å². The van der Waals surface area contributed by atoms with Gasteiger partial charge in [-0.2, -0.15) is 4.31 Å². The number of rotatable bonds is 5. The summed E-state index contributed by atoms with van der Waals surface area (Å²) in [5, 5.41) is 9.40. The molecule has 1 aliphatic rings. The summed E-state index contributed by atoms with van der Waals surface area (Å²) >= 11 is 0. The van der Waals surface area contributed by atoms with Gasteiger partial charge >= 0.3 is 0 Å². The normalized spacial score (nSPS) is 19.7. The molecule has 0 unspecified atom stereocenters. The van der Waals surface area contributed by atoms with Crippen LogP contribution >= 0.6 is 0 Å². The number of sulfonamides is 1. The third-order valence-corrected chi connectivity index (χ3v) is 6.72. The van der Waals surface area contributed by atoms with Crippen LogP contribution in [0.5, 0.6) is 0 Å². The summed E-state index contributed by atoms with van der Waals surface area (Å²) in [5.41, 5.74) is 2.67. The minimum atomic E-state index is -3.47. The van der Waals surface area contributed by atoms with E-state index in [4.69, 9.17) is 0 Å². The molecule has 126 valence electrons. The molecule has 0 saturated carbocycles. The molecular formula is C18H25NO3S. The smallest absolute Gasteiger partial charge is 0.219 e. The van der Waals surface area contributed by atoms with E-state index in [0.29, 0.717) is 13.0 Å². The standard InChI is InChI=1S/C18H25NO3S/c1-14(15-8-6-5-7-9-15)16-10-12-19(17(16)11-13-20)23(21,22)18(2,3)4/h5-10,17,20H,1,11-13H2,2-4H3/t17-/m1/s1. The topological polar surface area (TPSA) is 57.6 Å². The van der Waals surface area contributed by atoms with Crippen LogP contribution in [0.25, 0.3) is 5.57 Å².